The fourth-order valence-electron chi connectivity index (χ4n) is 3.34. The van der Waals surface area contributed by atoms with E-state index in [9.17, 15) is 9.90 Å². The van der Waals surface area contributed by atoms with Gasteiger partial charge in [0.2, 0.25) is 0 Å². The highest BCUT2D eigenvalue weighted by Gasteiger charge is 2.23. The Bertz CT molecular complexity index is 723. The van der Waals surface area contributed by atoms with Gasteiger partial charge in [-0.05, 0) is 50.1 Å². The molecule has 0 aliphatic carbocycles. The summed E-state index contributed by atoms with van der Waals surface area (Å²) in [7, 11) is 1.95. The second kappa shape index (κ2) is 7.09. The first-order valence-corrected chi connectivity index (χ1v) is 8.46. The molecule has 1 aromatic heterocycles. The van der Waals surface area contributed by atoms with Gasteiger partial charge in [0.15, 0.2) is 0 Å². The normalized spacial score (nSPS) is 18.5. The lowest BCUT2D eigenvalue weighted by Crippen LogP contribution is -2.47. The molecule has 5 heteroatoms. The molecular formula is C19H25N3O2. The molecule has 1 atom stereocenters. The molecule has 1 fully saturated rings. The lowest BCUT2D eigenvalue weighted by atomic mass is 10.0. The molecule has 0 radical (unpaired) electrons. The molecule has 0 bridgehead atoms. The van der Waals surface area contributed by atoms with Crippen LogP contribution in [0.5, 0.6) is 5.75 Å². The number of phenols is 1. The maximum Gasteiger partial charge on any atom is 0.253 e. The number of hydrogen-bond acceptors (Lipinski definition) is 3. The summed E-state index contributed by atoms with van der Waals surface area (Å²) >= 11 is 0. The number of aromatic hydroxyl groups is 1. The van der Waals surface area contributed by atoms with Gasteiger partial charge < -0.3 is 15.0 Å². The smallest absolute Gasteiger partial charge is 0.253 e. The number of phenolic OH excluding ortho intramolecular Hbond substituents is 1. The molecule has 5 nitrogen and oxygen atoms in total. The summed E-state index contributed by atoms with van der Waals surface area (Å²) in [5, 5.41) is 12.8. The van der Waals surface area contributed by atoms with Crippen LogP contribution in [0.3, 0.4) is 0 Å². The predicted molar refractivity (Wildman–Crippen MR) is 94.0 cm³/mol. The van der Waals surface area contributed by atoms with Crippen molar-refractivity contribution in [3.05, 3.63) is 53.3 Å². The zero-order chi connectivity index (χ0) is 17.1. The molecule has 1 saturated heterocycles. The van der Waals surface area contributed by atoms with E-state index < -0.39 is 0 Å². The Labute approximate surface area is 142 Å². The molecule has 0 saturated carbocycles. The van der Waals surface area contributed by atoms with Crippen LogP contribution in [0.15, 0.2) is 36.5 Å². The Balaban J connectivity index is 1.59. The van der Waals surface area contributed by atoms with Crippen LogP contribution in [0.2, 0.25) is 0 Å². The largest absolute Gasteiger partial charge is 0.508 e. The van der Waals surface area contributed by atoms with Gasteiger partial charge in [0.05, 0.1) is 5.56 Å². The number of likely N-dealkylation sites (tertiary alicyclic amines) is 1. The van der Waals surface area contributed by atoms with Crippen LogP contribution >= 0.6 is 0 Å². The summed E-state index contributed by atoms with van der Waals surface area (Å²) in [6.45, 7) is 4.62. The molecule has 1 aliphatic heterocycles. The topological polar surface area (TPSA) is 57.5 Å². The summed E-state index contributed by atoms with van der Waals surface area (Å²) in [6.07, 6.45) is 3.99. The van der Waals surface area contributed by atoms with E-state index in [-0.39, 0.29) is 11.9 Å². The number of benzene rings is 1. The molecule has 24 heavy (non-hydrogen) atoms. The third-order valence-corrected chi connectivity index (χ3v) is 4.79. The van der Waals surface area contributed by atoms with Crippen LogP contribution in [0, 0.1) is 6.92 Å². The van der Waals surface area contributed by atoms with Gasteiger partial charge in [-0.25, -0.2) is 0 Å². The van der Waals surface area contributed by atoms with Gasteiger partial charge in [0, 0.05) is 38.1 Å². The average Bonchev–Trinajstić information content (AvgIpc) is 2.87. The van der Waals surface area contributed by atoms with Crippen molar-refractivity contribution in [1.29, 1.82) is 0 Å². The van der Waals surface area contributed by atoms with Crippen molar-refractivity contribution < 1.29 is 9.90 Å². The number of rotatable bonds is 4. The fraction of sp³-hybridized carbons (Fsp3) is 0.421. The summed E-state index contributed by atoms with van der Waals surface area (Å²) in [5.41, 5.74) is 2.84. The van der Waals surface area contributed by atoms with Gasteiger partial charge in [0.1, 0.15) is 5.75 Å². The average molecular weight is 327 g/mol. The minimum atomic E-state index is 0.0114. The van der Waals surface area contributed by atoms with E-state index in [0.29, 0.717) is 5.75 Å². The van der Waals surface area contributed by atoms with E-state index >= 15 is 0 Å². The van der Waals surface area contributed by atoms with Crippen LogP contribution in [-0.2, 0) is 13.6 Å². The molecule has 3 rings (SSSR count). The van der Waals surface area contributed by atoms with Gasteiger partial charge in [-0.3, -0.25) is 9.69 Å². The maximum atomic E-state index is 12.5. The molecule has 2 aromatic rings. The van der Waals surface area contributed by atoms with E-state index in [4.69, 9.17) is 0 Å². The van der Waals surface area contributed by atoms with E-state index in [0.717, 1.165) is 49.3 Å². The Morgan fingerprint density at radius 3 is 2.92 bits per heavy atom. The predicted octanol–water partition coefficient (Wildman–Crippen LogP) is 2.43. The Hall–Kier alpha value is -2.27. The first kappa shape index (κ1) is 16.6. The molecule has 2 N–H and O–H groups in total. The minimum Gasteiger partial charge on any atom is -0.508 e. The van der Waals surface area contributed by atoms with E-state index in [2.05, 4.69) is 10.2 Å². The number of piperidine rings is 1. The molecule has 128 valence electrons. The molecular weight excluding hydrogens is 302 g/mol. The van der Waals surface area contributed by atoms with Gasteiger partial charge in [-0.2, -0.15) is 0 Å². The lowest BCUT2D eigenvalue weighted by Gasteiger charge is -2.33. The maximum absolute atomic E-state index is 12.5. The van der Waals surface area contributed by atoms with Crippen molar-refractivity contribution >= 4 is 5.91 Å². The number of hydrogen-bond donors (Lipinski definition) is 2. The Morgan fingerprint density at radius 2 is 2.21 bits per heavy atom. The van der Waals surface area contributed by atoms with Crippen molar-refractivity contribution in [2.75, 3.05) is 13.1 Å². The standard InChI is InChI=1S/C19H25N3O2/c1-14-18(8-10-21(14)2)19(24)20-16-6-4-9-22(13-16)12-15-5-3-7-17(23)11-15/h3,5,7-8,10-11,16,23H,4,6,9,12-13H2,1-2H3,(H,20,24)/t16-/m1/s1. The number of carbonyl (C=O) groups excluding carboxylic acids is 1. The van der Waals surface area contributed by atoms with Gasteiger partial charge in [-0.1, -0.05) is 12.1 Å². The third kappa shape index (κ3) is 3.79. The van der Waals surface area contributed by atoms with Crippen molar-refractivity contribution in [3.8, 4) is 5.75 Å². The highest BCUT2D eigenvalue weighted by atomic mass is 16.3. The molecule has 1 amide bonds. The van der Waals surface area contributed by atoms with Crippen LogP contribution in [0.25, 0.3) is 0 Å². The summed E-state index contributed by atoms with van der Waals surface area (Å²) in [4.78, 5) is 14.8. The molecule has 0 unspecified atom stereocenters. The van der Waals surface area contributed by atoms with Crippen molar-refractivity contribution in [3.63, 3.8) is 0 Å². The number of aryl methyl sites for hydroxylation is 1. The zero-order valence-corrected chi connectivity index (χ0v) is 14.3. The van der Waals surface area contributed by atoms with Crippen molar-refractivity contribution in [1.82, 2.24) is 14.8 Å². The first-order chi connectivity index (χ1) is 11.5. The quantitative estimate of drug-likeness (QED) is 0.907. The van der Waals surface area contributed by atoms with Crippen molar-refractivity contribution in [2.24, 2.45) is 7.05 Å². The number of aromatic nitrogens is 1. The van der Waals surface area contributed by atoms with Crippen LogP contribution in [-0.4, -0.2) is 39.6 Å². The highest BCUT2D eigenvalue weighted by molar-refractivity contribution is 5.95. The number of nitrogens with one attached hydrogen (secondary N) is 1. The number of amides is 1. The highest BCUT2D eigenvalue weighted by Crippen LogP contribution is 2.17. The molecule has 0 spiro atoms. The number of nitrogens with zero attached hydrogens (tertiary/aromatic N) is 2. The summed E-state index contributed by atoms with van der Waals surface area (Å²) in [5.74, 6) is 0.311. The first-order valence-electron chi connectivity index (χ1n) is 8.46. The van der Waals surface area contributed by atoms with Gasteiger partial charge >= 0.3 is 0 Å². The second-order valence-corrected chi connectivity index (χ2v) is 6.64. The van der Waals surface area contributed by atoms with Gasteiger partial charge in [0.25, 0.3) is 5.91 Å². The SMILES string of the molecule is Cc1c(C(=O)N[C@@H]2CCCN(Cc3cccc(O)c3)C2)ccn1C. The minimum absolute atomic E-state index is 0.0114. The lowest BCUT2D eigenvalue weighted by molar-refractivity contribution is 0.0900. The van der Waals surface area contributed by atoms with Crippen molar-refractivity contribution in [2.45, 2.75) is 32.4 Å². The number of carbonyl (C=O) groups is 1. The van der Waals surface area contributed by atoms with E-state index in [1.807, 2.05) is 42.9 Å². The zero-order valence-electron chi connectivity index (χ0n) is 14.3. The Morgan fingerprint density at radius 1 is 1.38 bits per heavy atom. The van der Waals surface area contributed by atoms with Crippen LogP contribution < -0.4 is 5.32 Å². The molecule has 1 aliphatic rings. The second-order valence-electron chi connectivity index (χ2n) is 6.64. The summed E-state index contributed by atoms with van der Waals surface area (Å²) < 4.78 is 1.96. The van der Waals surface area contributed by atoms with E-state index in [1.54, 1.807) is 12.1 Å². The third-order valence-electron chi connectivity index (χ3n) is 4.79. The van der Waals surface area contributed by atoms with Crippen LogP contribution in [0.4, 0.5) is 0 Å². The Kier molecular flexibility index (Phi) is 4.90. The monoisotopic (exact) mass is 327 g/mol. The van der Waals surface area contributed by atoms with E-state index in [1.165, 1.54) is 0 Å². The van der Waals surface area contributed by atoms with Gasteiger partial charge in [-0.15, -0.1) is 0 Å². The molecule has 1 aromatic carbocycles. The van der Waals surface area contributed by atoms with Crippen LogP contribution in [0.1, 0.15) is 34.5 Å². The fourth-order valence-corrected chi connectivity index (χ4v) is 3.34. The molecule has 2 heterocycles. The summed E-state index contributed by atoms with van der Waals surface area (Å²) in [6, 6.07) is 9.42.